The van der Waals surface area contributed by atoms with Gasteiger partial charge in [0.1, 0.15) is 5.69 Å². The first kappa shape index (κ1) is 13.2. The van der Waals surface area contributed by atoms with E-state index in [4.69, 9.17) is 0 Å². The van der Waals surface area contributed by atoms with Crippen LogP contribution in [0.5, 0.6) is 0 Å². The van der Waals surface area contributed by atoms with Gasteiger partial charge in [-0.2, -0.15) is 0 Å². The van der Waals surface area contributed by atoms with Crippen LogP contribution in [0.3, 0.4) is 0 Å². The van der Waals surface area contributed by atoms with Gasteiger partial charge in [0.15, 0.2) is 0 Å². The summed E-state index contributed by atoms with van der Waals surface area (Å²) in [4.78, 5) is 25.1. The molecule has 3 aromatic rings. The van der Waals surface area contributed by atoms with Crippen molar-refractivity contribution in [1.29, 1.82) is 0 Å². The van der Waals surface area contributed by atoms with E-state index < -0.39 is 0 Å². The highest BCUT2D eigenvalue weighted by Crippen LogP contribution is 2.14. The van der Waals surface area contributed by atoms with Crippen molar-refractivity contribution in [3.8, 4) is 0 Å². The number of nitrogens with zero attached hydrogens (tertiary/aromatic N) is 3. The molecule has 0 unspecified atom stereocenters. The molecule has 0 saturated carbocycles. The van der Waals surface area contributed by atoms with Crippen molar-refractivity contribution in [2.24, 2.45) is 0 Å². The third kappa shape index (κ3) is 2.72. The van der Waals surface area contributed by atoms with Crippen molar-refractivity contribution >= 4 is 22.6 Å². The molecule has 0 aliphatic carbocycles. The number of amides is 1. The molecule has 0 fully saturated rings. The van der Waals surface area contributed by atoms with Crippen LogP contribution >= 0.6 is 0 Å². The molecule has 0 aliphatic rings. The lowest BCUT2D eigenvalue weighted by Gasteiger charge is -2.08. The minimum Gasteiger partial charge on any atom is -0.319 e. The van der Waals surface area contributed by atoms with Crippen molar-refractivity contribution < 1.29 is 4.79 Å². The lowest BCUT2D eigenvalue weighted by atomic mass is 10.2. The molecule has 0 radical (unpaired) electrons. The number of aromatic nitrogens is 3. The Morgan fingerprint density at radius 2 is 1.76 bits per heavy atom. The summed E-state index contributed by atoms with van der Waals surface area (Å²) in [6, 6.07) is 11.1. The zero-order valence-electron chi connectivity index (χ0n) is 11.8. The van der Waals surface area contributed by atoms with Crippen molar-refractivity contribution in [1.82, 2.24) is 15.0 Å². The molecule has 0 atom stereocenters. The van der Waals surface area contributed by atoms with Gasteiger partial charge in [0, 0.05) is 5.69 Å². The van der Waals surface area contributed by atoms with E-state index in [0.717, 1.165) is 16.9 Å². The van der Waals surface area contributed by atoms with Gasteiger partial charge in [-0.1, -0.05) is 12.1 Å². The largest absolute Gasteiger partial charge is 0.319 e. The number of anilines is 1. The summed E-state index contributed by atoms with van der Waals surface area (Å²) in [6.45, 7) is 3.77. The van der Waals surface area contributed by atoms with Crippen LogP contribution in [0.25, 0.3) is 11.0 Å². The lowest BCUT2D eigenvalue weighted by Crippen LogP contribution is -2.15. The molecule has 104 valence electrons. The maximum atomic E-state index is 12.3. The third-order valence-corrected chi connectivity index (χ3v) is 3.15. The number of aryl methyl sites for hydroxylation is 2. The molecule has 1 aromatic carbocycles. The lowest BCUT2D eigenvalue weighted by molar-refractivity contribution is 0.102. The highest BCUT2D eigenvalue weighted by molar-refractivity contribution is 6.03. The summed E-state index contributed by atoms with van der Waals surface area (Å²) >= 11 is 0. The van der Waals surface area contributed by atoms with Crippen LogP contribution in [-0.4, -0.2) is 20.9 Å². The first-order valence-corrected chi connectivity index (χ1v) is 6.61. The van der Waals surface area contributed by atoms with E-state index in [-0.39, 0.29) is 11.6 Å². The number of hydrogen-bond acceptors (Lipinski definition) is 4. The zero-order valence-corrected chi connectivity index (χ0v) is 11.8. The number of benzene rings is 1. The average Bonchev–Trinajstić information content (AvgIpc) is 2.49. The summed E-state index contributed by atoms with van der Waals surface area (Å²) in [5, 5.41) is 2.81. The van der Waals surface area contributed by atoms with Gasteiger partial charge in [-0.05, 0) is 38.1 Å². The van der Waals surface area contributed by atoms with Gasteiger partial charge in [0.05, 0.1) is 28.6 Å². The Hall–Kier alpha value is -2.82. The van der Waals surface area contributed by atoms with E-state index in [0.29, 0.717) is 11.2 Å². The predicted octanol–water partition coefficient (Wildman–Crippen LogP) is 2.89. The van der Waals surface area contributed by atoms with Gasteiger partial charge in [-0.25, -0.2) is 4.98 Å². The maximum Gasteiger partial charge on any atom is 0.275 e. The van der Waals surface area contributed by atoms with Crippen molar-refractivity contribution in [2.45, 2.75) is 13.8 Å². The second kappa shape index (κ2) is 5.28. The number of carbonyl (C=O) groups excluding carboxylic acids is 1. The summed E-state index contributed by atoms with van der Waals surface area (Å²) in [5.74, 6) is -0.290. The number of rotatable bonds is 2. The number of carbonyl (C=O) groups is 1. The standard InChI is InChI=1S/C16H14N4O/c1-10-7-8-12(11(2)18-10)20-16(21)15-9-17-13-5-3-4-6-14(13)19-15/h3-9H,1-2H3,(H,20,21). The van der Waals surface area contributed by atoms with Crippen LogP contribution in [-0.2, 0) is 0 Å². The Bertz CT molecular complexity index is 829. The number of hydrogen-bond donors (Lipinski definition) is 1. The molecule has 2 heterocycles. The molecule has 5 nitrogen and oxygen atoms in total. The van der Waals surface area contributed by atoms with E-state index in [9.17, 15) is 4.79 Å². The second-order valence-corrected chi connectivity index (χ2v) is 4.78. The third-order valence-electron chi connectivity index (χ3n) is 3.15. The van der Waals surface area contributed by atoms with Crippen molar-refractivity contribution in [3.63, 3.8) is 0 Å². The molecule has 0 aliphatic heterocycles. The minimum atomic E-state index is -0.290. The molecule has 1 amide bonds. The summed E-state index contributed by atoms with van der Waals surface area (Å²) in [6.07, 6.45) is 1.48. The normalized spacial score (nSPS) is 10.6. The fraction of sp³-hybridized carbons (Fsp3) is 0.125. The number of para-hydroxylation sites is 2. The molecule has 2 aromatic heterocycles. The smallest absolute Gasteiger partial charge is 0.275 e. The Morgan fingerprint density at radius 1 is 1.00 bits per heavy atom. The summed E-state index contributed by atoms with van der Waals surface area (Å²) < 4.78 is 0. The Kier molecular flexibility index (Phi) is 3.31. The van der Waals surface area contributed by atoms with Crippen LogP contribution < -0.4 is 5.32 Å². The first-order chi connectivity index (χ1) is 10.1. The molecular weight excluding hydrogens is 264 g/mol. The summed E-state index contributed by atoms with van der Waals surface area (Å²) in [7, 11) is 0. The Balaban J connectivity index is 1.89. The predicted molar refractivity (Wildman–Crippen MR) is 81.2 cm³/mol. The topological polar surface area (TPSA) is 67.8 Å². The molecule has 1 N–H and O–H groups in total. The van der Waals surface area contributed by atoms with Gasteiger partial charge in [0.25, 0.3) is 5.91 Å². The van der Waals surface area contributed by atoms with Crippen LogP contribution in [0.2, 0.25) is 0 Å². The maximum absolute atomic E-state index is 12.3. The van der Waals surface area contributed by atoms with Crippen LogP contribution in [0.1, 0.15) is 21.9 Å². The molecule has 3 rings (SSSR count). The first-order valence-electron chi connectivity index (χ1n) is 6.61. The highest BCUT2D eigenvalue weighted by atomic mass is 16.1. The van der Waals surface area contributed by atoms with Gasteiger partial charge in [0.2, 0.25) is 0 Å². The fourth-order valence-corrected chi connectivity index (χ4v) is 2.07. The Morgan fingerprint density at radius 3 is 2.52 bits per heavy atom. The van der Waals surface area contributed by atoms with Gasteiger partial charge in [-0.15, -0.1) is 0 Å². The molecule has 0 bridgehead atoms. The minimum absolute atomic E-state index is 0.286. The van der Waals surface area contributed by atoms with Gasteiger partial charge >= 0.3 is 0 Å². The fourth-order valence-electron chi connectivity index (χ4n) is 2.07. The molecule has 21 heavy (non-hydrogen) atoms. The monoisotopic (exact) mass is 278 g/mol. The summed E-state index contributed by atoms with van der Waals surface area (Å²) in [5.41, 5.74) is 4.12. The second-order valence-electron chi connectivity index (χ2n) is 4.78. The van der Waals surface area contributed by atoms with Gasteiger partial charge in [-0.3, -0.25) is 14.8 Å². The van der Waals surface area contributed by atoms with E-state index in [1.165, 1.54) is 6.20 Å². The molecular formula is C16H14N4O. The molecule has 5 heteroatoms. The zero-order chi connectivity index (χ0) is 14.8. The van der Waals surface area contributed by atoms with E-state index in [1.807, 2.05) is 50.2 Å². The molecule has 0 saturated heterocycles. The number of fused-ring (bicyclic) bond motifs is 1. The average molecular weight is 278 g/mol. The van der Waals surface area contributed by atoms with E-state index in [1.54, 1.807) is 0 Å². The van der Waals surface area contributed by atoms with Gasteiger partial charge < -0.3 is 5.32 Å². The van der Waals surface area contributed by atoms with Crippen LogP contribution in [0, 0.1) is 13.8 Å². The van der Waals surface area contributed by atoms with Crippen molar-refractivity contribution in [3.05, 3.63) is 59.7 Å². The van der Waals surface area contributed by atoms with E-state index >= 15 is 0 Å². The SMILES string of the molecule is Cc1ccc(NC(=O)c2cnc3ccccc3n2)c(C)n1. The van der Waals surface area contributed by atoms with Crippen molar-refractivity contribution in [2.75, 3.05) is 5.32 Å². The Labute approximate surface area is 122 Å². The highest BCUT2D eigenvalue weighted by Gasteiger charge is 2.11. The van der Waals surface area contributed by atoms with Crippen LogP contribution in [0.4, 0.5) is 5.69 Å². The number of pyridine rings is 1. The van der Waals surface area contributed by atoms with Crippen LogP contribution in [0.15, 0.2) is 42.6 Å². The molecule has 0 spiro atoms. The van der Waals surface area contributed by atoms with E-state index in [2.05, 4.69) is 20.3 Å². The number of nitrogens with one attached hydrogen (secondary N) is 1. The quantitative estimate of drug-likeness (QED) is 0.782.